The second-order valence-corrected chi connectivity index (χ2v) is 8.64. The lowest BCUT2D eigenvalue weighted by Gasteiger charge is -2.33. The van der Waals surface area contributed by atoms with Gasteiger partial charge in [0.25, 0.3) is 0 Å². The van der Waals surface area contributed by atoms with Crippen molar-refractivity contribution in [1.29, 1.82) is 0 Å². The predicted molar refractivity (Wildman–Crippen MR) is 115 cm³/mol. The first-order valence-corrected chi connectivity index (χ1v) is 11.3. The fourth-order valence-electron chi connectivity index (χ4n) is 4.74. The molecule has 3 aliphatic heterocycles. The molecule has 0 saturated carbocycles. The Balaban J connectivity index is 1.23. The van der Waals surface area contributed by atoms with Crippen LogP contribution in [0.4, 0.5) is 0 Å². The van der Waals surface area contributed by atoms with Gasteiger partial charge in [0.1, 0.15) is 31.5 Å². The van der Waals surface area contributed by atoms with E-state index in [0.29, 0.717) is 0 Å². The van der Waals surface area contributed by atoms with Crippen molar-refractivity contribution in [2.24, 2.45) is 11.8 Å². The highest BCUT2D eigenvalue weighted by molar-refractivity contribution is 5.89. The second kappa shape index (κ2) is 9.99. The van der Waals surface area contributed by atoms with Gasteiger partial charge in [0.2, 0.25) is 0 Å². The van der Waals surface area contributed by atoms with Crippen LogP contribution in [0.1, 0.15) is 27.1 Å². The zero-order chi connectivity index (χ0) is 25.2. The number of esters is 4. The minimum Gasteiger partial charge on any atom is -0.459 e. The van der Waals surface area contributed by atoms with Crippen molar-refractivity contribution >= 4 is 23.9 Å². The maximum Gasteiger partial charge on any atom is 0.339 e. The fraction of sp³-hybridized carbons (Fsp3) is 0.417. The predicted octanol–water partition coefficient (Wildman–Crippen LogP) is 0.0920. The number of nitrogens with zero attached hydrogens (tertiary/aromatic N) is 2. The van der Waals surface area contributed by atoms with Crippen molar-refractivity contribution in [3.63, 3.8) is 0 Å². The van der Waals surface area contributed by atoms with Gasteiger partial charge >= 0.3 is 23.9 Å². The SMILES string of the molecule is O=C1CC2C3C(=O)O[C@@H]([C@H](O)COC(=O)c4cccnc4)[C@H]3O[C@@H]2[C@@H](COC(=O)c2cccnc2)O1. The van der Waals surface area contributed by atoms with Gasteiger partial charge in [-0.1, -0.05) is 0 Å². The van der Waals surface area contributed by atoms with E-state index in [1.54, 1.807) is 12.1 Å². The molecular formula is C24H22N2O10. The van der Waals surface area contributed by atoms with Crippen LogP contribution in [0.15, 0.2) is 49.1 Å². The van der Waals surface area contributed by atoms with Crippen LogP contribution in [0.25, 0.3) is 0 Å². The topological polar surface area (TPSA) is 160 Å². The number of carbonyl (C=O) groups is 4. The maximum atomic E-state index is 12.7. The fourth-order valence-corrected chi connectivity index (χ4v) is 4.74. The monoisotopic (exact) mass is 498 g/mol. The van der Waals surface area contributed by atoms with Gasteiger partial charge in [-0.05, 0) is 24.3 Å². The molecule has 2 aromatic rings. The summed E-state index contributed by atoms with van der Waals surface area (Å²) in [6.07, 6.45) is 0.503. The Morgan fingerprint density at radius 1 is 1.00 bits per heavy atom. The largest absolute Gasteiger partial charge is 0.459 e. The number of carbonyl (C=O) groups excluding carboxylic acids is 4. The van der Waals surface area contributed by atoms with Gasteiger partial charge in [-0.15, -0.1) is 0 Å². The van der Waals surface area contributed by atoms with Gasteiger partial charge in [0.05, 0.1) is 23.5 Å². The number of rotatable bonds is 7. The van der Waals surface area contributed by atoms with Gasteiger partial charge in [-0.25, -0.2) is 9.59 Å². The highest BCUT2D eigenvalue weighted by atomic mass is 16.6. The Labute approximate surface area is 204 Å². The average Bonchev–Trinajstić information content (AvgIpc) is 3.44. The zero-order valence-electron chi connectivity index (χ0n) is 18.8. The Morgan fingerprint density at radius 3 is 2.31 bits per heavy atom. The van der Waals surface area contributed by atoms with Crippen LogP contribution in [0.2, 0.25) is 0 Å². The quantitative estimate of drug-likeness (QED) is 0.405. The number of hydrogen-bond acceptors (Lipinski definition) is 12. The van der Waals surface area contributed by atoms with Gasteiger partial charge < -0.3 is 28.8 Å². The highest BCUT2D eigenvalue weighted by Gasteiger charge is 2.63. The first kappa shape index (κ1) is 23.8. The molecule has 3 fully saturated rings. The summed E-state index contributed by atoms with van der Waals surface area (Å²) >= 11 is 0. The van der Waals surface area contributed by atoms with Crippen LogP contribution in [-0.2, 0) is 33.3 Å². The molecule has 7 atom stereocenters. The zero-order valence-corrected chi connectivity index (χ0v) is 18.8. The minimum atomic E-state index is -1.37. The van der Waals surface area contributed by atoms with E-state index in [0.717, 1.165) is 0 Å². The molecule has 0 amide bonds. The van der Waals surface area contributed by atoms with E-state index in [4.69, 9.17) is 23.7 Å². The molecule has 188 valence electrons. The Kier molecular flexibility index (Phi) is 6.61. The Morgan fingerprint density at radius 2 is 1.67 bits per heavy atom. The van der Waals surface area contributed by atoms with Crippen LogP contribution in [0, 0.1) is 11.8 Å². The summed E-state index contributed by atoms with van der Waals surface area (Å²) in [5.74, 6) is -3.95. The van der Waals surface area contributed by atoms with E-state index in [1.807, 2.05) is 0 Å². The summed E-state index contributed by atoms with van der Waals surface area (Å²) in [7, 11) is 0. The number of ether oxygens (including phenoxy) is 5. The van der Waals surface area contributed by atoms with E-state index in [-0.39, 0.29) is 24.2 Å². The van der Waals surface area contributed by atoms with Crippen LogP contribution in [0.5, 0.6) is 0 Å². The molecule has 5 heterocycles. The molecule has 5 rings (SSSR count). The third kappa shape index (κ3) is 4.64. The maximum absolute atomic E-state index is 12.7. The molecular weight excluding hydrogens is 476 g/mol. The summed E-state index contributed by atoms with van der Waals surface area (Å²) in [4.78, 5) is 57.1. The lowest BCUT2D eigenvalue weighted by atomic mass is 9.81. The van der Waals surface area contributed by atoms with Crippen LogP contribution < -0.4 is 0 Å². The molecule has 36 heavy (non-hydrogen) atoms. The molecule has 2 unspecified atom stereocenters. The second-order valence-electron chi connectivity index (χ2n) is 8.64. The standard InChI is InChI=1S/C24H22N2O10/c27-15(10-32-22(29)12-3-1-5-25-8-12)20-21-18(24(31)36-20)14-7-17(28)34-16(19(14)35-21)11-33-23(30)13-4-2-6-26-9-13/h1-6,8-9,14-16,18-21,27H,7,10-11H2/t14?,15-,16-,18?,19+,20+,21+/m1/s1. The van der Waals surface area contributed by atoms with Gasteiger partial charge in [0.15, 0.2) is 12.2 Å². The molecule has 0 spiro atoms. The molecule has 1 N–H and O–H groups in total. The van der Waals surface area contributed by atoms with E-state index in [2.05, 4.69) is 9.97 Å². The van der Waals surface area contributed by atoms with Crippen molar-refractivity contribution in [3.8, 4) is 0 Å². The number of fused-ring (bicyclic) bond motifs is 3. The number of aromatic nitrogens is 2. The molecule has 3 saturated heterocycles. The first-order chi connectivity index (χ1) is 17.4. The van der Waals surface area contributed by atoms with Crippen molar-refractivity contribution in [2.45, 2.75) is 36.9 Å². The molecule has 2 aromatic heterocycles. The summed E-state index contributed by atoms with van der Waals surface area (Å²) in [5, 5.41) is 10.6. The smallest absolute Gasteiger partial charge is 0.339 e. The number of hydrogen-bond donors (Lipinski definition) is 1. The van der Waals surface area contributed by atoms with Gasteiger partial charge in [-0.2, -0.15) is 0 Å². The summed E-state index contributed by atoms with van der Waals surface area (Å²) in [5.41, 5.74) is 0.432. The molecule has 12 heteroatoms. The van der Waals surface area contributed by atoms with E-state index in [9.17, 15) is 24.3 Å². The van der Waals surface area contributed by atoms with Crippen LogP contribution >= 0.6 is 0 Å². The molecule has 0 aliphatic carbocycles. The van der Waals surface area contributed by atoms with Crippen molar-refractivity contribution < 1.29 is 48.0 Å². The first-order valence-electron chi connectivity index (χ1n) is 11.3. The number of cyclic esters (lactones) is 2. The van der Waals surface area contributed by atoms with Crippen molar-refractivity contribution in [2.75, 3.05) is 13.2 Å². The minimum absolute atomic E-state index is 0.0905. The van der Waals surface area contributed by atoms with Crippen molar-refractivity contribution in [1.82, 2.24) is 9.97 Å². The van der Waals surface area contributed by atoms with Gasteiger partial charge in [-0.3, -0.25) is 19.6 Å². The number of pyridine rings is 2. The van der Waals surface area contributed by atoms with E-state index >= 15 is 0 Å². The number of aliphatic hydroxyl groups excluding tert-OH is 1. The Bertz CT molecular complexity index is 1140. The third-order valence-corrected chi connectivity index (χ3v) is 6.39. The highest BCUT2D eigenvalue weighted by Crippen LogP contribution is 2.46. The average molecular weight is 498 g/mol. The van der Waals surface area contributed by atoms with Crippen LogP contribution in [0.3, 0.4) is 0 Å². The molecule has 12 nitrogen and oxygen atoms in total. The summed E-state index contributed by atoms with van der Waals surface area (Å²) < 4.78 is 27.2. The lowest BCUT2D eigenvalue weighted by Crippen LogP contribution is -2.47. The molecule has 0 bridgehead atoms. The lowest BCUT2D eigenvalue weighted by molar-refractivity contribution is -0.183. The summed E-state index contributed by atoms with van der Waals surface area (Å²) in [6.45, 7) is -0.736. The summed E-state index contributed by atoms with van der Waals surface area (Å²) in [6, 6.07) is 6.19. The van der Waals surface area contributed by atoms with Crippen LogP contribution in [-0.4, -0.2) is 82.7 Å². The molecule has 0 radical (unpaired) electrons. The molecule has 0 aromatic carbocycles. The third-order valence-electron chi connectivity index (χ3n) is 6.39. The van der Waals surface area contributed by atoms with Crippen molar-refractivity contribution in [3.05, 3.63) is 60.2 Å². The normalized spacial score (nSPS) is 29.4. The number of aliphatic hydroxyl groups is 1. The Hall–Kier alpha value is -3.90. The molecule has 3 aliphatic rings. The van der Waals surface area contributed by atoms with Gasteiger partial charge in [0, 0.05) is 30.7 Å². The van der Waals surface area contributed by atoms with E-state index in [1.165, 1.54) is 36.9 Å². The van der Waals surface area contributed by atoms with E-state index < -0.39 is 72.8 Å².